The van der Waals surface area contributed by atoms with Gasteiger partial charge in [0.1, 0.15) is 11.3 Å². The number of fused-ring (bicyclic) bond motifs is 1. The lowest BCUT2D eigenvalue weighted by Crippen LogP contribution is -2.37. The fourth-order valence-corrected chi connectivity index (χ4v) is 3.93. The van der Waals surface area contributed by atoms with Crippen LogP contribution in [0.25, 0.3) is 22.6 Å². The average Bonchev–Trinajstić information content (AvgIpc) is 3.16. The van der Waals surface area contributed by atoms with E-state index in [0.717, 1.165) is 11.1 Å². The van der Waals surface area contributed by atoms with Crippen molar-refractivity contribution < 1.29 is 13.9 Å². The van der Waals surface area contributed by atoms with Crippen molar-refractivity contribution >= 4 is 63.2 Å². The van der Waals surface area contributed by atoms with Crippen LogP contribution in [0.3, 0.4) is 0 Å². The fourth-order valence-electron chi connectivity index (χ4n) is 3.16. The first-order valence-corrected chi connectivity index (χ1v) is 11.1. The SMILES string of the molecule is Cc1ccc(-c2nc3cc(NC(=S)NC(=O)COc4ccc(Cl)cc4C)ccc3o2)c(Cl)c1. The number of oxazole rings is 1. The minimum Gasteiger partial charge on any atom is -0.483 e. The Labute approximate surface area is 205 Å². The highest BCUT2D eigenvalue weighted by atomic mass is 35.5. The molecule has 168 valence electrons. The molecule has 0 aliphatic carbocycles. The van der Waals surface area contributed by atoms with Gasteiger partial charge in [-0.05, 0) is 85.7 Å². The molecule has 1 heterocycles. The number of hydrogen-bond donors (Lipinski definition) is 2. The van der Waals surface area contributed by atoms with Gasteiger partial charge in [-0.25, -0.2) is 4.98 Å². The monoisotopic (exact) mass is 499 g/mol. The van der Waals surface area contributed by atoms with E-state index in [1.165, 1.54) is 0 Å². The van der Waals surface area contributed by atoms with Crippen molar-refractivity contribution in [1.82, 2.24) is 10.3 Å². The summed E-state index contributed by atoms with van der Waals surface area (Å²) in [6.45, 7) is 3.63. The van der Waals surface area contributed by atoms with Gasteiger partial charge in [0.15, 0.2) is 17.3 Å². The summed E-state index contributed by atoms with van der Waals surface area (Å²) in [4.78, 5) is 16.7. The van der Waals surface area contributed by atoms with E-state index in [9.17, 15) is 4.79 Å². The molecule has 0 radical (unpaired) electrons. The highest BCUT2D eigenvalue weighted by Gasteiger charge is 2.13. The van der Waals surface area contributed by atoms with E-state index in [4.69, 9.17) is 44.6 Å². The lowest BCUT2D eigenvalue weighted by molar-refractivity contribution is -0.121. The summed E-state index contributed by atoms with van der Waals surface area (Å²) in [6, 6.07) is 16.2. The van der Waals surface area contributed by atoms with Gasteiger partial charge in [0.25, 0.3) is 5.91 Å². The molecule has 3 aromatic carbocycles. The van der Waals surface area contributed by atoms with E-state index in [1.54, 1.807) is 36.4 Å². The largest absolute Gasteiger partial charge is 0.483 e. The first-order valence-electron chi connectivity index (χ1n) is 9.95. The number of aromatic nitrogens is 1. The van der Waals surface area contributed by atoms with Crippen molar-refractivity contribution in [2.75, 3.05) is 11.9 Å². The van der Waals surface area contributed by atoms with Crippen LogP contribution in [0.4, 0.5) is 5.69 Å². The van der Waals surface area contributed by atoms with Gasteiger partial charge < -0.3 is 14.5 Å². The number of aryl methyl sites for hydroxylation is 2. The molecule has 0 saturated heterocycles. The van der Waals surface area contributed by atoms with Gasteiger partial charge in [0.05, 0.1) is 10.6 Å². The molecule has 6 nitrogen and oxygen atoms in total. The number of amides is 1. The number of thiocarbonyl (C=S) groups is 1. The summed E-state index contributed by atoms with van der Waals surface area (Å²) in [5, 5.41) is 6.87. The minimum absolute atomic E-state index is 0.140. The molecule has 0 atom stereocenters. The molecule has 0 bridgehead atoms. The van der Waals surface area contributed by atoms with Crippen molar-refractivity contribution in [1.29, 1.82) is 0 Å². The number of carbonyl (C=O) groups is 1. The first-order chi connectivity index (χ1) is 15.8. The Bertz CT molecular complexity index is 1370. The quantitative estimate of drug-likeness (QED) is 0.313. The van der Waals surface area contributed by atoms with E-state index in [-0.39, 0.29) is 17.6 Å². The molecule has 0 spiro atoms. The lowest BCUT2D eigenvalue weighted by atomic mass is 10.1. The van der Waals surface area contributed by atoms with E-state index in [1.807, 2.05) is 32.0 Å². The third-order valence-electron chi connectivity index (χ3n) is 4.75. The number of halogens is 2. The predicted octanol–water partition coefficient (Wildman–Crippen LogP) is 6.31. The van der Waals surface area contributed by atoms with E-state index >= 15 is 0 Å². The molecule has 0 fully saturated rings. The van der Waals surface area contributed by atoms with Crippen LogP contribution >= 0.6 is 35.4 Å². The van der Waals surface area contributed by atoms with Crippen molar-refractivity contribution in [3.63, 3.8) is 0 Å². The molecular formula is C24H19Cl2N3O3S. The van der Waals surface area contributed by atoms with Gasteiger partial charge >= 0.3 is 0 Å². The second-order valence-electron chi connectivity index (χ2n) is 7.39. The van der Waals surface area contributed by atoms with Crippen LogP contribution in [0.15, 0.2) is 59.0 Å². The van der Waals surface area contributed by atoms with Gasteiger partial charge in [-0.2, -0.15) is 0 Å². The molecule has 0 saturated carbocycles. The highest BCUT2D eigenvalue weighted by Crippen LogP contribution is 2.31. The average molecular weight is 500 g/mol. The molecule has 1 amide bonds. The predicted molar refractivity (Wildman–Crippen MR) is 135 cm³/mol. The topological polar surface area (TPSA) is 76.4 Å². The van der Waals surface area contributed by atoms with Gasteiger partial charge in [-0.3, -0.25) is 10.1 Å². The fraction of sp³-hybridized carbons (Fsp3) is 0.125. The summed E-state index contributed by atoms with van der Waals surface area (Å²) in [5.74, 6) is 0.618. The Balaban J connectivity index is 1.38. The van der Waals surface area contributed by atoms with Crippen LogP contribution in [0.2, 0.25) is 10.0 Å². The van der Waals surface area contributed by atoms with Crippen molar-refractivity contribution in [2.24, 2.45) is 0 Å². The Kier molecular flexibility index (Phi) is 6.83. The summed E-state index contributed by atoms with van der Waals surface area (Å²) in [5.41, 5.74) is 4.49. The van der Waals surface area contributed by atoms with Crippen LogP contribution in [0.5, 0.6) is 5.75 Å². The summed E-state index contributed by atoms with van der Waals surface area (Å²) in [6.07, 6.45) is 0. The Morgan fingerprint density at radius 1 is 1.09 bits per heavy atom. The number of nitrogens with zero attached hydrogens (tertiary/aromatic N) is 1. The molecular weight excluding hydrogens is 481 g/mol. The number of anilines is 1. The number of hydrogen-bond acceptors (Lipinski definition) is 5. The summed E-state index contributed by atoms with van der Waals surface area (Å²) in [7, 11) is 0. The van der Waals surface area contributed by atoms with Crippen LogP contribution in [0, 0.1) is 13.8 Å². The molecule has 0 aliphatic rings. The first kappa shape index (κ1) is 23.0. The van der Waals surface area contributed by atoms with Gasteiger partial charge in [0, 0.05) is 10.7 Å². The molecule has 33 heavy (non-hydrogen) atoms. The number of nitrogens with one attached hydrogen (secondary N) is 2. The zero-order valence-electron chi connectivity index (χ0n) is 17.7. The zero-order valence-corrected chi connectivity index (χ0v) is 20.1. The van der Waals surface area contributed by atoms with Gasteiger partial charge in [-0.15, -0.1) is 0 Å². The number of carbonyl (C=O) groups excluding carboxylic acids is 1. The Morgan fingerprint density at radius 2 is 1.91 bits per heavy atom. The molecule has 9 heteroatoms. The van der Waals surface area contributed by atoms with Crippen LogP contribution in [-0.4, -0.2) is 22.6 Å². The maximum Gasteiger partial charge on any atom is 0.264 e. The second-order valence-corrected chi connectivity index (χ2v) is 8.64. The smallest absolute Gasteiger partial charge is 0.264 e. The van der Waals surface area contributed by atoms with Crippen molar-refractivity contribution in [2.45, 2.75) is 13.8 Å². The molecule has 1 aromatic heterocycles. The number of rotatable bonds is 5. The maximum absolute atomic E-state index is 12.2. The highest BCUT2D eigenvalue weighted by molar-refractivity contribution is 7.80. The number of benzene rings is 3. The third-order valence-corrected chi connectivity index (χ3v) is 5.50. The number of ether oxygens (including phenoxy) is 1. The van der Waals surface area contributed by atoms with Crippen LogP contribution in [0.1, 0.15) is 11.1 Å². The van der Waals surface area contributed by atoms with E-state index in [2.05, 4.69) is 15.6 Å². The van der Waals surface area contributed by atoms with E-state index in [0.29, 0.717) is 44.0 Å². The Hall–Kier alpha value is -3.13. The molecule has 2 N–H and O–H groups in total. The lowest BCUT2D eigenvalue weighted by Gasteiger charge is -2.11. The van der Waals surface area contributed by atoms with Crippen molar-refractivity contribution in [3.05, 3.63) is 75.8 Å². The summed E-state index contributed by atoms with van der Waals surface area (Å²) >= 11 is 17.5. The molecule has 4 rings (SSSR count). The minimum atomic E-state index is -0.388. The Morgan fingerprint density at radius 3 is 2.67 bits per heavy atom. The zero-order chi connectivity index (χ0) is 23.5. The molecule has 0 aliphatic heterocycles. The maximum atomic E-state index is 12.2. The van der Waals surface area contributed by atoms with Crippen LogP contribution < -0.4 is 15.4 Å². The standard InChI is InChI=1S/C24H19Cl2N3O3S/c1-13-3-6-17(18(26)9-13)23-28-19-11-16(5-8-21(19)32-23)27-24(33)29-22(30)12-31-20-7-4-15(25)10-14(20)2/h3-11H,12H2,1-2H3,(H2,27,29,30,33). The molecule has 0 unspecified atom stereocenters. The van der Waals surface area contributed by atoms with Crippen LogP contribution in [-0.2, 0) is 4.79 Å². The van der Waals surface area contributed by atoms with Crippen molar-refractivity contribution in [3.8, 4) is 17.2 Å². The third kappa shape index (κ3) is 5.63. The van der Waals surface area contributed by atoms with Gasteiger partial charge in [0.2, 0.25) is 5.89 Å². The summed E-state index contributed by atoms with van der Waals surface area (Å²) < 4.78 is 11.4. The van der Waals surface area contributed by atoms with E-state index < -0.39 is 0 Å². The second kappa shape index (κ2) is 9.79. The molecule has 4 aromatic rings. The normalized spacial score (nSPS) is 10.8. The van der Waals surface area contributed by atoms with Gasteiger partial charge in [-0.1, -0.05) is 29.3 Å².